The quantitative estimate of drug-likeness (QED) is 0.600. The first-order valence-corrected chi connectivity index (χ1v) is 7.61. The first-order valence-electron chi connectivity index (χ1n) is 7.61. The number of aryl methyl sites for hydroxylation is 1. The van der Waals surface area contributed by atoms with Crippen LogP contribution in [0, 0.1) is 25.2 Å². The summed E-state index contributed by atoms with van der Waals surface area (Å²) in [6.07, 6.45) is 0. The van der Waals surface area contributed by atoms with E-state index in [9.17, 15) is 4.79 Å². The van der Waals surface area contributed by atoms with Crippen molar-refractivity contribution in [1.29, 1.82) is 5.26 Å². The van der Waals surface area contributed by atoms with Crippen LogP contribution in [0.3, 0.4) is 0 Å². The van der Waals surface area contributed by atoms with Crippen molar-refractivity contribution in [3.8, 4) is 23.3 Å². The molecule has 0 unspecified atom stereocenters. The van der Waals surface area contributed by atoms with Crippen LogP contribution in [0.4, 0.5) is 0 Å². The number of esters is 1. The Balaban J connectivity index is 2.04. The van der Waals surface area contributed by atoms with Crippen LogP contribution in [-0.2, 0) is 4.79 Å². The third kappa shape index (κ3) is 4.26. The molecule has 5 nitrogen and oxygen atoms in total. The molecule has 0 heterocycles. The van der Waals surface area contributed by atoms with E-state index in [0.29, 0.717) is 23.7 Å². The number of ether oxygens (including phenoxy) is 3. The van der Waals surface area contributed by atoms with Gasteiger partial charge in [0, 0.05) is 6.07 Å². The lowest BCUT2D eigenvalue weighted by atomic mass is 10.1. The minimum absolute atomic E-state index is 0.212. The summed E-state index contributed by atoms with van der Waals surface area (Å²) < 4.78 is 16.2. The summed E-state index contributed by atoms with van der Waals surface area (Å²) in [6.45, 7) is 5.91. The molecule has 124 valence electrons. The SMILES string of the molecule is CCOc1cc(C#N)ccc1OC(=O)COc1cccc(C)c1C. The highest BCUT2D eigenvalue weighted by molar-refractivity contribution is 5.75. The Morgan fingerprint density at radius 1 is 1.08 bits per heavy atom. The molecule has 2 rings (SSSR count). The molecular weight excluding hydrogens is 306 g/mol. The van der Waals surface area contributed by atoms with Crippen LogP contribution >= 0.6 is 0 Å². The van der Waals surface area contributed by atoms with Crippen LogP contribution in [0.5, 0.6) is 17.2 Å². The van der Waals surface area contributed by atoms with Crippen LogP contribution in [-0.4, -0.2) is 19.2 Å². The summed E-state index contributed by atoms with van der Waals surface area (Å²) in [6, 6.07) is 12.3. The molecule has 0 radical (unpaired) electrons. The fourth-order valence-electron chi connectivity index (χ4n) is 2.10. The van der Waals surface area contributed by atoms with E-state index in [1.807, 2.05) is 45.0 Å². The van der Waals surface area contributed by atoms with Gasteiger partial charge in [-0.3, -0.25) is 0 Å². The van der Waals surface area contributed by atoms with Gasteiger partial charge in [0.15, 0.2) is 18.1 Å². The van der Waals surface area contributed by atoms with Crippen LogP contribution in [0.15, 0.2) is 36.4 Å². The lowest BCUT2D eigenvalue weighted by Gasteiger charge is -2.12. The number of carbonyl (C=O) groups excluding carboxylic acids is 1. The second-order valence-corrected chi connectivity index (χ2v) is 5.17. The number of carbonyl (C=O) groups is 1. The summed E-state index contributed by atoms with van der Waals surface area (Å²) in [5.41, 5.74) is 2.51. The van der Waals surface area contributed by atoms with E-state index in [4.69, 9.17) is 19.5 Å². The average Bonchev–Trinajstić information content (AvgIpc) is 2.58. The smallest absolute Gasteiger partial charge is 0.349 e. The van der Waals surface area contributed by atoms with E-state index in [0.717, 1.165) is 11.1 Å². The van der Waals surface area contributed by atoms with Gasteiger partial charge in [-0.25, -0.2) is 4.79 Å². The number of hydrogen-bond acceptors (Lipinski definition) is 5. The molecule has 2 aromatic carbocycles. The first-order chi connectivity index (χ1) is 11.5. The Kier molecular flexibility index (Phi) is 5.80. The first kappa shape index (κ1) is 17.4. The van der Waals surface area contributed by atoms with Gasteiger partial charge >= 0.3 is 5.97 Å². The monoisotopic (exact) mass is 325 g/mol. The van der Waals surface area contributed by atoms with Crippen LogP contribution in [0.25, 0.3) is 0 Å². The van der Waals surface area contributed by atoms with Crippen molar-refractivity contribution in [3.63, 3.8) is 0 Å². The maximum atomic E-state index is 12.0. The third-order valence-corrected chi connectivity index (χ3v) is 3.50. The molecule has 0 aliphatic rings. The molecule has 0 saturated heterocycles. The summed E-state index contributed by atoms with van der Waals surface area (Å²) >= 11 is 0. The molecule has 0 fully saturated rings. The Labute approximate surface area is 141 Å². The molecular formula is C19H19NO4. The topological polar surface area (TPSA) is 68.5 Å². The molecule has 24 heavy (non-hydrogen) atoms. The van der Waals surface area contributed by atoms with Gasteiger partial charge in [-0.15, -0.1) is 0 Å². The normalized spacial score (nSPS) is 9.92. The molecule has 0 aromatic heterocycles. The second kappa shape index (κ2) is 8.02. The zero-order valence-corrected chi connectivity index (χ0v) is 14.0. The Morgan fingerprint density at radius 2 is 1.88 bits per heavy atom. The maximum Gasteiger partial charge on any atom is 0.349 e. The van der Waals surface area contributed by atoms with Gasteiger partial charge < -0.3 is 14.2 Å². The fraction of sp³-hybridized carbons (Fsp3) is 0.263. The predicted octanol–water partition coefficient (Wildman–Crippen LogP) is 3.56. The van der Waals surface area contributed by atoms with Crippen molar-refractivity contribution in [3.05, 3.63) is 53.1 Å². The summed E-state index contributed by atoms with van der Waals surface area (Å²) in [5, 5.41) is 8.93. The van der Waals surface area contributed by atoms with Crippen molar-refractivity contribution in [2.75, 3.05) is 13.2 Å². The Bertz CT molecular complexity index is 777. The third-order valence-electron chi connectivity index (χ3n) is 3.50. The highest BCUT2D eigenvalue weighted by Crippen LogP contribution is 2.28. The fourth-order valence-corrected chi connectivity index (χ4v) is 2.10. The van der Waals surface area contributed by atoms with Gasteiger partial charge in [-0.2, -0.15) is 5.26 Å². The molecule has 0 aliphatic heterocycles. The summed E-state index contributed by atoms with van der Waals surface area (Å²) in [4.78, 5) is 12.0. The van der Waals surface area contributed by atoms with Gasteiger partial charge in [-0.1, -0.05) is 12.1 Å². The largest absolute Gasteiger partial charge is 0.490 e. The van der Waals surface area contributed by atoms with E-state index in [1.54, 1.807) is 12.1 Å². The van der Waals surface area contributed by atoms with Gasteiger partial charge in [0.25, 0.3) is 0 Å². The zero-order chi connectivity index (χ0) is 17.5. The molecule has 0 bridgehead atoms. The summed E-state index contributed by atoms with van der Waals surface area (Å²) in [7, 11) is 0. The van der Waals surface area contributed by atoms with E-state index in [2.05, 4.69) is 0 Å². The van der Waals surface area contributed by atoms with E-state index >= 15 is 0 Å². The molecule has 0 amide bonds. The number of nitriles is 1. The minimum atomic E-state index is -0.540. The van der Waals surface area contributed by atoms with Crippen molar-refractivity contribution in [1.82, 2.24) is 0 Å². The van der Waals surface area contributed by atoms with Gasteiger partial charge in [-0.05, 0) is 50.1 Å². The van der Waals surface area contributed by atoms with Crippen molar-refractivity contribution >= 4 is 5.97 Å². The second-order valence-electron chi connectivity index (χ2n) is 5.17. The number of rotatable bonds is 6. The molecule has 0 spiro atoms. The van der Waals surface area contributed by atoms with Crippen LogP contribution < -0.4 is 14.2 Å². The Morgan fingerprint density at radius 3 is 2.58 bits per heavy atom. The lowest BCUT2D eigenvalue weighted by molar-refractivity contribution is -0.136. The maximum absolute atomic E-state index is 12.0. The molecule has 0 aliphatic carbocycles. The van der Waals surface area contributed by atoms with Gasteiger partial charge in [0.05, 0.1) is 18.2 Å². The molecule has 0 N–H and O–H groups in total. The number of benzene rings is 2. The average molecular weight is 325 g/mol. The number of hydrogen-bond donors (Lipinski definition) is 0. The Hall–Kier alpha value is -3.00. The van der Waals surface area contributed by atoms with Crippen molar-refractivity contribution < 1.29 is 19.0 Å². The standard InChI is InChI=1S/C19H19NO4/c1-4-22-18-10-15(11-20)8-9-17(18)24-19(21)12-23-16-7-5-6-13(2)14(16)3/h5-10H,4,12H2,1-3H3. The van der Waals surface area contributed by atoms with E-state index < -0.39 is 5.97 Å². The van der Waals surface area contributed by atoms with Gasteiger partial charge in [0.1, 0.15) is 5.75 Å². The lowest BCUT2D eigenvalue weighted by Crippen LogP contribution is -2.18. The zero-order valence-electron chi connectivity index (χ0n) is 14.0. The molecule has 0 saturated carbocycles. The predicted molar refractivity (Wildman–Crippen MR) is 89.4 cm³/mol. The van der Waals surface area contributed by atoms with E-state index in [1.165, 1.54) is 6.07 Å². The minimum Gasteiger partial charge on any atom is -0.490 e. The highest BCUT2D eigenvalue weighted by Gasteiger charge is 2.13. The number of nitrogens with zero attached hydrogens (tertiary/aromatic N) is 1. The summed E-state index contributed by atoms with van der Waals surface area (Å²) in [5.74, 6) is 0.737. The van der Waals surface area contributed by atoms with Crippen LogP contribution in [0.2, 0.25) is 0 Å². The van der Waals surface area contributed by atoms with E-state index in [-0.39, 0.29) is 12.4 Å². The van der Waals surface area contributed by atoms with Gasteiger partial charge in [0.2, 0.25) is 0 Å². The van der Waals surface area contributed by atoms with Crippen molar-refractivity contribution in [2.24, 2.45) is 0 Å². The molecule has 2 aromatic rings. The molecule has 0 atom stereocenters. The van der Waals surface area contributed by atoms with Crippen molar-refractivity contribution in [2.45, 2.75) is 20.8 Å². The highest BCUT2D eigenvalue weighted by atomic mass is 16.6. The molecule has 5 heteroatoms. The van der Waals surface area contributed by atoms with Crippen LogP contribution in [0.1, 0.15) is 23.6 Å².